The highest BCUT2D eigenvalue weighted by atomic mass is 16.5. The largest absolute Gasteiger partial charge is 0.494 e. The van der Waals surface area contributed by atoms with Gasteiger partial charge in [-0.05, 0) is 24.1 Å². The minimum absolute atomic E-state index is 0.0971. The fourth-order valence-electron chi connectivity index (χ4n) is 5.30. The molecule has 0 fully saturated rings. The molecule has 0 aliphatic heterocycles. The summed E-state index contributed by atoms with van der Waals surface area (Å²) in [4.78, 5) is 0. The fraction of sp³-hybridized carbons (Fsp3) is 0.829. The lowest BCUT2D eigenvalue weighted by molar-refractivity contribution is 0.281. The van der Waals surface area contributed by atoms with Crippen LogP contribution in [-0.2, 0) is 6.61 Å². The van der Waals surface area contributed by atoms with Gasteiger partial charge in [0, 0.05) is 0 Å². The lowest BCUT2D eigenvalue weighted by Crippen LogP contribution is -1.97. The molecule has 37 heavy (non-hydrogen) atoms. The van der Waals surface area contributed by atoms with Crippen molar-refractivity contribution in [2.24, 2.45) is 0 Å². The Morgan fingerprint density at radius 2 is 0.730 bits per heavy atom. The van der Waals surface area contributed by atoms with Gasteiger partial charge in [0.05, 0.1) is 13.2 Å². The Hall–Kier alpha value is -1.02. The molecule has 2 nitrogen and oxygen atoms in total. The molecule has 0 aliphatic carbocycles. The lowest BCUT2D eigenvalue weighted by Gasteiger charge is -2.07. The van der Waals surface area contributed by atoms with Crippen LogP contribution in [0.2, 0.25) is 0 Å². The Balaban J connectivity index is 1.66. The lowest BCUT2D eigenvalue weighted by atomic mass is 10.0. The highest BCUT2D eigenvalue weighted by molar-refractivity contribution is 5.26. The molecule has 2 heteroatoms. The summed E-state index contributed by atoms with van der Waals surface area (Å²) in [6, 6.07) is 7.75. The van der Waals surface area contributed by atoms with E-state index in [1.807, 2.05) is 24.3 Å². The standard InChI is InChI=1S/C35H64O2/c1-2-3-4-5-6-7-8-9-10-11-12-13-14-15-16-17-18-19-20-21-22-23-24-25-26-27-32-37-35-30-28-34(33-36)29-31-35/h28-31,36H,2-27,32-33H2,1H3. The molecule has 0 saturated heterocycles. The molecule has 0 saturated carbocycles. The number of benzene rings is 1. The minimum Gasteiger partial charge on any atom is -0.494 e. The Morgan fingerprint density at radius 3 is 1.03 bits per heavy atom. The number of aliphatic hydroxyl groups is 1. The van der Waals surface area contributed by atoms with E-state index in [1.165, 1.54) is 161 Å². The summed E-state index contributed by atoms with van der Waals surface area (Å²) in [6.45, 7) is 3.20. The second-order valence-electron chi connectivity index (χ2n) is 11.5. The van der Waals surface area contributed by atoms with Crippen LogP contribution in [0.1, 0.15) is 179 Å². The topological polar surface area (TPSA) is 29.5 Å². The predicted molar refractivity (Wildman–Crippen MR) is 164 cm³/mol. The van der Waals surface area contributed by atoms with Crippen LogP contribution in [0.25, 0.3) is 0 Å². The van der Waals surface area contributed by atoms with Crippen LogP contribution in [0.5, 0.6) is 5.75 Å². The predicted octanol–water partition coefficient (Wildman–Crippen LogP) is 11.7. The van der Waals surface area contributed by atoms with Crippen molar-refractivity contribution in [3.05, 3.63) is 29.8 Å². The Kier molecular flexibility index (Phi) is 25.7. The van der Waals surface area contributed by atoms with Crippen molar-refractivity contribution < 1.29 is 9.84 Å². The maximum Gasteiger partial charge on any atom is 0.119 e. The van der Waals surface area contributed by atoms with Gasteiger partial charge in [0.2, 0.25) is 0 Å². The second kappa shape index (κ2) is 28.0. The summed E-state index contributed by atoms with van der Waals surface area (Å²) < 4.78 is 5.78. The zero-order valence-electron chi connectivity index (χ0n) is 25.0. The van der Waals surface area contributed by atoms with Crippen LogP contribution in [0.15, 0.2) is 24.3 Å². The summed E-state index contributed by atoms with van der Waals surface area (Å²) in [6.07, 6.45) is 37.2. The van der Waals surface area contributed by atoms with Gasteiger partial charge in [-0.2, -0.15) is 0 Å². The third-order valence-electron chi connectivity index (χ3n) is 7.87. The highest BCUT2D eigenvalue weighted by Gasteiger charge is 1.98. The molecule has 1 aromatic rings. The van der Waals surface area contributed by atoms with E-state index < -0.39 is 0 Å². The smallest absolute Gasteiger partial charge is 0.119 e. The Morgan fingerprint density at radius 1 is 0.432 bits per heavy atom. The van der Waals surface area contributed by atoms with Crippen LogP contribution >= 0.6 is 0 Å². The van der Waals surface area contributed by atoms with Crippen LogP contribution in [0, 0.1) is 0 Å². The first-order valence-corrected chi connectivity index (χ1v) is 16.7. The van der Waals surface area contributed by atoms with E-state index in [1.54, 1.807) is 0 Å². The summed E-state index contributed by atoms with van der Waals surface area (Å²) in [5.74, 6) is 0.914. The number of aliphatic hydroxyl groups excluding tert-OH is 1. The molecule has 1 rings (SSSR count). The first kappa shape index (κ1) is 34.0. The molecule has 216 valence electrons. The monoisotopic (exact) mass is 516 g/mol. The molecule has 0 aromatic heterocycles. The molecule has 1 aromatic carbocycles. The van der Waals surface area contributed by atoms with Gasteiger partial charge in [0.15, 0.2) is 0 Å². The Labute approximate surface area is 232 Å². The minimum atomic E-state index is 0.0971. The quantitative estimate of drug-likeness (QED) is 0.107. The number of ether oxygens (including phenoxy) is 1. The van der Waals surface area contributed by atoms with Crippen molar-refractivity contribution in [1.29, 1.82) is 0 Å². The van der Waals surface area contributed by atoms with Gasteiger partial charge in [-0.15, -0.1) is 0 Å². The van der Waals surface area contributed by atoms with E-state index in [-0.39, 0.29) is 6.61 Å². The Bertz CT molecular complexity index is 553. The van der Waals surface area contributed by atoms with Gasteiger partial charge in [-0.3, -0.25) is 0 Å². The first-order valence-electron chi connectivity index (χ1n) is 16.7. The first-order chi connectivity index (χ1) is 18.4. The summed E-state index contributed by atoms with van der Waals surface area (Å²) in [7, 11) is 0. The zero-order valence-corrected chi connectivity index (χ0v) is 25.0. The van der Waals surface area contributed by atoms with Crippen LogP contribution in [-0.4, -0.2) is 11.7 Å². The van der Waals surface area contributed by atoms with Gasteiger partial charge < -0.3 is 9.84 Å². The zero-order chi connectivity index (χ0) is 26.5. The maximum atomic E-state index is 9.07. The summed E-state index contributed by atoms with van der Waals surface area (Å²) in [5, 5.41) is 9.07. The van der Waals surface area contributed by atoms with E-state index in [2.05, 4.69) is 6.92 Å². The van der Waals surface area contributed by atoms with Crippen molar-refractivity contribution in [3.63, 3.8) is 0 Å². The van der Waals surface area contributed by atoms with Gasteiger partial charge in [-0.25, -0.2) is 0 Å². The highest BCUT2D eigenvalue weighted by Crippen LogP contribution is 2.16. The second-order valence-corrected chi connectivity index (χ2v) is 11.5. The maximum absolute atomic E-state index is 9.07. The number of hydrogen-bond acceptors (Lipinski definition) is 2. The molecule has 0 heterocycles. The van der Waals surface area contributed by atoms with Crippen LogP contribution in [0.3, 0.4) is 0 Å². The van der Waals surface area contributed by atoms with Crippen molar-refractivity contribution in [3.8, 4) is 5.75 Å². The van der Waals surface area contributed by atoms with E-state index in [0.29, 0.717) is 0 Å². The van der Waals surface area contributed by atoms with Gasteiger partial charge in [0.25, 0.3) is 0 Å². The molecule has 0 unspecified atom stereocenters. The molecule has 0 atom stereocenters. The van der Waals surface area contributed by atoms with Crippen LogP contribution < -0.4 is 4.74 Å². The summed E-state index contributed by atoms with van der Waals surface area (Å²) >= 11 is 0. The molecule has 0 radical (unpaired) electrons. The average Bonchev–Trinajstić information content (AvgIpc) is 2.93. The molecule has 0 amide bonds. The average molecular weight is 517 g/mol. The van der Waals surface area contributed by atoms with E-state index in [0.717, 1.165) is 24.3 Å². The molecule has 0 bridgehead atoms. The SMILES string of the molecule is CCCCCCCCCCCCCCCCCCCCCCCCCCCCOc1ccc(CO)cc1. The van der Waals surface area contributed by atoms with Crippen molar-refractivity contribution in [1.82, 2.24) is 0 Å². The third kappa shape index (κ3) is 23.8. The van der Waals surface area contributed by atoms with Crippen LogP contribution in [0.4, 0.5) is 0 Å². The molecule has 0 aliphatic rings. The summed E-state index contributed by atoms with van der Waals surface area (Å²) in [5.41, 5.74) is 0.938. The number of unbranched alkanes of at least 4 members (excludes halogenated alkanes) is 25. The normalized spacial score (nSPS) is 11.3. The fourth-order valence-corrected chi connectivity index (χ4v) is 5.30. The van der Waals surface area contributed by atoms with E-state index >= 15 is 0 Å². The van der Waals surface area contributed by atoms with Crippen molar-refractivity contribution >= 4 is 0 Å². The molecular formula is C35H64O2. The van der Waals surface area contributed by atoms with Crippen molar-refractivity contribution in [2.45, 2.75) is 180 Å². The van der Waals surface area contributed by atoms with E-state index in [4.69, 9.17) is 9.84 Å². The number of hydrogen-bond donors (Lipinski definition) is 1. The molecular weight excluding hydrogens is 452 g/mol. The van der Waals surface area contributed by atoms with Gasteiger partial charge in [0.1, 0.15) is 5.75 Å². The van der Waals surface area contributed by atoms with Gasteiger partial charge in [-0.1, -0.05) is 180 Å². The molecule has 1 N–H and O–H groups in total. The third-order valence-corrected chi connectivity index (χ3v) is 7.87. The van der Waals surface area contributed by atoms with Gasteiger partial charge >= 0.3 is 0 Å². The van der Waals surface area contributed by atoms with E-state index in [9.17, 15) is 0 Å². The number of rotatable bonds is 29. The van der Waals surface area contributed by atoms with Crippen molar-refractivity contribution in [2.75, 3.05) is 6.61 Å². The molecule has 0 spiro atoms.